The van der Waals surface area contributed by atoms with Crippen molar-refractivity contribution in [1.82, 2.24) is 0 Å². The molecule has 44 heavy (non-hydrogen) atoms. The van der Waals surface area contributed by atoms with Crippen molar-refractivity contribution in [3.8, 4) is 0 Å². The molecule has 4 amide bonds. The fraction of sp³-hybridized carbons (Fsp3) is 0.222. The van der Waals surface area contributed by atoms with Crippen LogP contribution in [0.15, 0.2) is 109 Å². The lowest BCUT2D eigenvalue weighted by Crippen LogP contribution is -2.14. The number of benzene rings is 4. The Morgan fingerprint density at radius 2 is 0.750 bits per heavy atom. The molecule has 4 N–H and O–H groups in total. The number of nitrogens with one attached hydrogen (secondary N) is 4. The summed E-state index contributed by atoms with van der Waals surface area (Å²) in [6.45, 7) is 0. The van der Waals surface area contributed by atoms with Crippen molar-refractivity contribution in [2.24, 2.45) is 0 Å². The van der Waals surface area contributed by atoms with Crippen molar-refractivity contribution < 1.29 is 19.2 Å². The largest absolute Gasteiger partial charge is 0.326 e. The topological polar surface area (TPSA) is 116 Å². The molecule has 0 aliphatic heterocycles. The monoisotopic (exact) mass is 590 g/mol. The summed E-state index contributed by atoms with van der Waals surface area (Å²) >= 11 is 0. The first-order valence-corrected chi connectivity index (χ1v) is 15.0. The molecule has 0 radical (unpaired) electrons. The van der Waals surface area contributed by atoms with Crippen LogP contribution in [-0.2, 0) is 9.59 Å². The average Bonchev–Trinajstić information content (AvgIpc) is 3.03. The summed E-state index contributed by atoms with van der Waals surface area (Å²) in [6.07, 6.45) is 6.19. The number of hydrogen-bond acceptors (Lipinski definition) is 4. The third-order valence-electron chi connectivity index (χ3n) is 6.94. The van der Waals surface area contributed by atoms with Crippen LogP contribution in [0.2, 0.25) is 0 Å². The van der Waals surface area contributed by atoms with Gasteiger partial charge >= 0.3 is 0 Å². The van der Waals surface area contributed by atoms with E-state index in [2.05, 4.69) is 21.3 Å². The van der Waals surface area contributed by atoms with Crippen LogP contribution >= 0.6 is 0 Å². The van der Waals surface area contributed by atoms with Gasteiger partial charge in [0.05, 0.1) is 0 Å². The van der Waals surface area contributed by atoms with Gasteiger partial charge in [-0.25, -0.2) is 0 Å². The van der Waals surface area contributed by atoms with Crippen LogP contribution < -0.4 is 21.3 Å². The molecule has 0 aromatic heterocycles. The molecule has 0 heterocycles. The second-order valence-electron chi connectivity index (χ2n) is 10.5. The number of unbranched alkanes of at least 4 members (excludes halogenated alkanes) is 5. The van der Waals surface area contributed by atoms with E-state index >= 15 is 0 Å². The number of hydrogen-bond donors (Lipinski definition) is 4. The molecule has 4 aromatic carbocycles. The van der Waals surface area contributed by atoms with Gasteiger partial charge in [-0.15, -0.1) is 0 Å². The zero-order valence-corrected chi connectivity index (χ0v) is 24.7. The second kappa shape index (κ2) is 17.0. The Morgan fingerprint density at radius 1 is 0.386 bits per heavy atom. The first kappa shape index (κ1) is 31.7. The van der Waals surface area contributed by atoms with Gasteiger partial charge in [0, 0.05) is 46.7 Å². The van der Waals surface area contributed by atoms with Crippen LogP contribution in [0.3, 0.4) is 0 Å². The first-order chi connectivity index (χ1) is 21.5. The van der Waals surface area contributed by atoms with E-state index in [1.165, 1.54) is 0 Å². The Labute approximate surface area is 258 Å². The van der Waals surface area contributed by atoms with Gasteiger partial charge in [-0.05, 0) is 73.5 Å². The molecule has 4 rings (SSSR count). The minimum absolute atomic E-state index is 0.0797. The number of carbonyl (C=O) groups excluding carboxylic acids is 4. The molecule has 0 fully saturated rings. The highest BCUT2D eigenvalue weighted by Crippen LogP contribution is 2.17. The van der Waals surface area contributed by atoms with Gasteiger partial charge in [0.1, 0.15) is 0 Å². The minimum Gasteiger partial charge on any atom is -0.326 e. The van der Waals surface area contributed by atoms with Crippen LogP contribution in [0, 0.1) is 0 Å². The van der Waals surface area contributed by atoms with Gasteiger partial charge in [0.15, 0.2) is 0 Å². The quantitative estimate of drug-likeness (QED) is 0.105. The van der Waals surface area contributed by atoms with Gasteiger partial charge in [0.2, 0.25) is 11.8 Å². The zero-order valence-electron chi connectivity index (χ0n) is 24.7. The van der Waals surface area contributed by atoms with Crippen molar-refractivity contribution in [2.75, 3.05) is 21.3 Å². The number of anilines is 4. The minimum atomic E-state index is -0.234. The maximum absolute atomic E-state index is 12.5. The Kier molecular flexibility index (Phi) is 12.3. The summed E-state index contributed by atoms with van der Waals surface area (Å²) in [6, 6.07) is 32.3. The van der Waals surface area contributed by atoms with E-state index in [1.54, 1.807) is 48.5 Å². The highest BCUT2D eigenvalue weighted by molar-refractivity contribution is 6.06. The van der Waals surface area contributed by atoms with Crippen LogP contribution in [0.4, 0.5) is 22.7 Å². The molecule has 0 atom stereocenters. The average molecular weight is 591 g/mol. The van der Waals surface area contributed by atoms with E-state index in [1.807, 2.05) is 60.7 Å². The summed E-state index contributed by atoms with van der Waals surface area (Å²) in [5, 5.41) is 11.4. The van der Waals surface area contributed by atoms with Gasteiger partial charge in [0.25, 0.3) is 11.8 Å². The number of rotatable bonds is 15. The van der Waals surface area contributed by atoms with Crippen molar-refractivity contribution >= 4 is 46.4 Å². The number of carbonyl (C=O) groups is 4. The highest BCUT2D eigenvalue weighted by atomic mass is 16.2. The summed E-state index contributed by atoms with van der Waals surface area (Å²) in [7, 11) is 0. The summed E-state index contributed by atoms with van der Waals surface area (Å²) in [5.74, 6) is -0.627. The Hall–Kier alpha value is -5.24. The van der Waals surface area contributed by atoms with E-state index in [0.29, 0.717) is 46.7 Å². The number of amides is 4. The smallest absolute Gasteiger partial charge is 0.255 e. The Bertz CT molecular complexity index is 1420. The molecular formula is C36H38N4O4. The van der Waals surface area contributed by atoms with E-state index in [-0.39, 0.29) is 23.6 Å². The van der Waals surface area contributed by atoms with Gasteiger partial charge in [-0.1, -0.05) is 74.2 Å². The SMILES string of the molecule is O=C(CCCCCCCCC(=O)Nc1cccc(C(=O)Nc2ccccc2)c1)Nc1cccc(C(=O)Nc2ccccc2)c1. The second-order valence-corrected chi connectivity index (χ2v) is 10.5. The Morgan fingerprint density at radius 3 is 1.16 bits per heavy atom. The lowest BCUT2D eigenvalue weighted by Gasteiger charge is -2.09. The van der Waals surface area contributed by atoms with E-state index in [0.717, 1.165) is 38.5 Å². The molecular weight excluding hydrogens is 552 g/mol. The third-order valence-corrected chi connectivity index (χ3v) is 6.94. The molecule has 0 unspecified atom stereocenters. The van der Waals surface area contributed by atoms with E-state index in [9.17, 15) is 19.2 Å². The van der Waals surface area contributed by atoms with Crippen LogP contribution in [-0.4, -0.2) is 23.6 Å². The van der Waals surface area contributed by atoms with Gasteiger partial charge < -0.3 is 21.3 Å². The molecule has 0 aliphatic rings. The molecule has 0 bridgehead atoms. The first-order valence-electron chi connectivity index (χ1n) is 15.0. The molecule has 0 aliphatic carbocycles. The lowest BCUT2D eigenvalue weighted by molar-refractivity contribution is -0.117. The molecule has 0 spiro atoms. The molecule has 8 heteroatoms. The van der Waals surface area contributed by atoms with Gasteiger partial charge in [-0.2, -0.15) is 0 Å². The van der Waals surface area contributed by atoms with Gasteiger partial charge in [-0.3, -0.25) is 19.2 Å². The van der Waals surface area contributed by atoms with E-state index in [4.69, 9.17) is 0 Å². The molecule has 0 saturated heterocycles. The summed E-state index contributed by atoms with van der Waals surface area (Å²) in [4.78, 5) is 49.8. The molecule has 226 valence electrons. The molecule has 8 nitrogen and oxygen atoms in total. The normalized spacial score (nSPS) is 10.5. The van der Waals surface area contributed by atoms with E-state index < -0.39 is 0 Å². The fourth-order valence-corrected chi connectivity index (χ4v) is 4.65. The van der Waals surface area contributed by atoms with Crippen molar-refractivity contribution in [3.05, 3.63) is 120 Å². The lowest BCUT2D eigenvalue weighted by atomic mass is 10.1. The predicted molar refractivity (Wildman–Crippen MR) is 176 cm³/mol. The van der Waals surface area contributed by atoms with Crippen molar-refractivity contribution in [2.45, 2.75) is 51.4 Å². The number of para-hydroxylation sites is 2. The third kappa shape index (κ3) is 10.9. The maximum atomic E-state index is 12.5. The summed E-state index contributed by atoms with van der Waals surface area (Å²) < 4.78 is 0. The maximum Gasteiger partial charge on any atom is 0.255 e. The van der Waals surface area contributed by atoms with Crippen molar-refractivity contribution in [1.29, 1.82) is 0 Å². The fourth-order valence-electron chi connectivity index (χ4n) is 4.65. The van der Waals surface area contributed by atoms with Crippen molar-refractivity contribution in [3.63, 3.8) is 0 Å². The predicted octanol–water partition coefficient (Wildman–Crippen LogP) is 7.89. The van der Waals surface area contributed by atoms with Crippen LogP contribution in [0.25, 0.3) is 0 Å². The molecule has 0 saturated carbocycles. The van der Waals surface area contributed by atoms with Crippen LogP contribution in [0.1, 0.15) is 72.1 Å². The highest BCUT2D eigenvalue weighted by Gasteiger charge is 2.10. The standard InChI is InChI=1S/C36H38N4O4/c41-33(37-31-21-13-15-27(25-31)35(43)39-29-17-7-5-8-18-29)23-11-3-1-2-4-12-24-34(42)38-32-22-14-16-28(26-32)36(44)40-30-19-9-6-10-20-30/h5-10,13-22,25-26H,1-4,11-12,23-24H2,(H,37,41)(H,38,42)(H,39,43)(H,40,44). The van der Waals surface area contributed by atoms with Crippen LogP contribution in [0.5, 0.6) is 0 Å². The zero-order chi connectivity index (χ0) is 31.0. The molecule has 4 aromatic rings. The Balaban J connectivity index is 1.06. The summed E-state index contributed by atoms with van der Waals surface area (Å²) in [5.41, 5.74) is 3.55.